The van der Waals surface area contributed by atoms with Crippen molar-refractivity contribution in [2.24, 2.45) is 5.41 Å². The van der Waals surface area contributed by atoms with Gasteiger partial charge in [-0.15, -0.1) is 0 Å². The first-order valence-corrected chi connectivity index (χ1v) is 5.77. The average molecular weight is 196 g/mol. The van der Waals surface area contributed by atoms with E-state index in [1.54, 1.807) is 0 Å². The highest BCUT2D eigenvalue weighted by Crippen LogP contribution is 2.36. The lowest BCUT2D eigenvalue weighted by Gasteiger charge is -2.43. The summed E-state index contributed by atoms with van der Waals surface area (Å²) >= 11 is 0. The van der Waals surface area contributed by atoms with Crippen LogP contribution in [0.25, 0.3) is 0 Å². The molecule has 2 fully saturated rings. The maximum absolute atomic E-state index is 11.9. The Morgan fingerprint density at radius 1 is 1.43 bits per heavy atom. The van der Waals surface area contributed by atoms with Crippen LogP contribution >= 0.6 is 0 Å². The third kappa shape index (κ3) is 1.65. The van der Waals surface area contributed by atoms with E-state index in [2.05, 4.69) is 17.1 Å². The van der Waals surface area contributed by atoms with Crippen LogP contribution in [-0.2, 0) is 4.79 Å². The quantitative estimate of drug-likeness (QED) is 0.678. The molecule has 0 bridgehead atoms. The standard InChI is InChI=1S/C11H20N2O/c1-2-13-8-4-6-11(9-13)5-3-7-12-10(11)14/h2-9H2,1H3,(H,12,14). The fourth-order valence-electron chi connectivity index (χ4n) is 2.82. The fourth-order valence-corrected chi connectivity index (χ4v) is 2.82. The Hall–Kier alpha value is -0.570. The van der Waals surface area contributed by atoms with Gasteiger partial charge in [0.05, 0.1) is 5.41 Å². The van der Waals surface area contributed by atoms with Crippen LogP contribution in [0.4, 0.5) is 0 Å². The minimum absolute atomic E-state index is 0.0352. The van der Waals surface area contributed by atoms with Gasteiger partial charge in [0.15, 0.2) is 0 Å². The van der Waals surface area contributed by atoms with Gasteiger partial charge in [-0.05, 0) is 38.8 Å². The van der Waals surface area contributed by atoms with Gasteiger partial charge in [0.1, 0.15) is 0 Å². The van der Waals surface area contributed by atoms with Gasteiger partial charge < -0.3 is 10.2 Å². The highest BCUT2D eigenvalue weighted by Gasteiger charge is 2.42. The van der Waals surface area contributed by atoms with E-state index in [1.807, 2.05) is 0 Å². The summed E-state index contributed by atoms with van der Waals surface area (Å²) in [5, 5.41) is 3.02. The summed E-state index contributed by atoms with van der Waals surface area (Å²) in [6.07, 6.45) is 4.52. The lowest BCUT2D eigenvalue weighted by molar-refractivity contribution is -0.137. The van der Waals surface area contributed by atoms with Gasteiger partial charge in [0, 0.05) is 13.1 Å². The summed E-state index contributed by atoms with van der Waals surface area (Å²) in [4.78, 5) is 14.3. The number of hydrogen-bond donors (Lipinski definition) is 1. The van der Waals surface area contributed by atoms with Crippen LogP contribution < -0.4 is 5.32 Å². The Labute approximate surface area is 85.8 Å². The Kier molecular flexibility index (Phi) is 2.77. The van der Waals surface area contributed by atoms with Crippen LogP contribution in [0.3, 0.4) is 0 Å². The Morgan fingerprint density at radius 2 is 2.21 bits per heavy atom. The summed E-state index contributed by atoms with van der Waals surface area (Å²) in [5.41, 5.74) is -0.0352. The van der Waals surface area contributed by atoms with Crippen LogP contribution in [0.15, 0.2) is 0 Å². The van der Waals surface area contributed by atoms with E-state index in [0.717, 1.165) is 38.9 Å². The molecule has 0 aliphatic carbocycles. The molecular weight excluding hydrogens is 176 g/mol. The fraction of sp³-hybridized carbons (Fsp3) is 0.909. The van der Waals surface area contributed by atoms with Crippen molar-refractivity contribution in [3.8, 4) is 0 Å². The molecular formula is C11H20N2O. The van der Waals surface area contributed by atoms with Gasteiger partial charge >= 0.3 is 0 Å². The average Bonchev–Trinajstić information content (AvgIpc) is 2.23. The third-order valence-corrected chi connectivity index (χ3v) is 3.70. The van der Waals surface area contributed by atoms with Crippen LogP contribution in [0, 0.1) is 5.41 Å². The highest BCUT2D eigenvalue weighted by molar-refractivity contribution is 5.83. The highest BCUT2D eigenvalue weighted by atomic mass is 16.2. The van der Waals surface area contributed by atoms with Gasteiger partial charge in [-0.2, -0.15) is 0 Å². The van der Waals surface area contributed by atoms with Crippen molar-refractivity contribution >= 4 is 5.91 Å². The number of rotatable bonds is 1. The van der Waals surface area contributed by atoms with Crippen molar-refractivity contribution in [3.63, 3.8) is 0 Å². The number of carbonyl (C=O) groups excluding carboxylic acids is 1. The monoisotopic (exact) mass is 196 g/mol. The van der Waals surface area contributed by atoms with Gasteiger partial charge in [0.2, 0.25) is 5.91 Å². The van der Waals surface area contributed by atoms with Crippen LogP contribution in [0.1, 0.15) is 32.6 Å². The van der Waals surface area contributed by atoms with Crippen molar-refractivity contribution in [1.82, 2.24) is 10.2 Å². The molecule has 0 radical (unpaired) electrons. The molecule has 1 amide bonds. The Bertz CT molecular complexity index is 225. The molecule has 80 valence electrons. The Balaban J connectivity index is 2.08. The summed E-state index contributed by atoms with van der Waals surface area (Å²) in [6, 6.07) is 0. The number of amides is 1. The topological polar surface area (TPSA) is 32.3 Å². The van der Waals surface area contributed by atoms with Gasteiger partial charge in [-0.25, -0.2) is 0 Å². The molecule has 1 spiro atoms. The minimum Gasteiger partial charge on any atom is -0.356 e. The summed E-state index contributed by atoms with van der Waals surface area (Å²) in [7, 11) is 0. The van der Waals surface area contributed by atoms with E-state index in [-0.39, 0.29) is 5.41 Å². The van der Waals surface area contributed by atoms with Crippen LogP contribution in [0.2, 0.25) is 0 Å². The number of carbonyl (C=O) groups is 1. The van der Waals surface area contributed by atoms with Crippen molar-refractivity contribution in [2.75, 3.05) is 26.2 Å². The molecule has 14 heavy (non-hydrogen) atoms. The second-order valence-electron chi connectivity index (χ2n) is 4.61. The molecule has 2 rings (SSSR count). The number of likely N-dealkylation sites (tertiary alicyclic amines) is 1. The summed E-state index contributed by atoms with van der Waals surface area (Å²) < 4.78 is 0. The van der Waals surface area contributed by atoms with E-state index >= 15 is 0 Å². The van der Waals surface area contributed by atoms with E-state index in [1.165, 1.54) is 13.0 Å². The zero-order valence-corrected chi connectivity index (χ0v) is 9.01. The van der Waals surface area contributed by atoms with E-state index < -0.39 is 0 Å². The first-order chi connectivity index (χ1) is 6.77. The molecule has 0 aromatic carbocycles. The number of nitrogens with zero attached hydrogens (tertiary/aromatic N) is 1. The second-order valence-corrected chi connectivity index (χ2v) is 4.61. The first-order valence-electron chi connectivity index (χ1n) is 5.77. The largest absolute Gasteiger partial charge is 0.356 e. The maximum atomic E-state index is 11.9. The molecule has 2 saturated heterocycles. The van der Waals surface area contributed by atoms with Crippen molar-refractivity contribution in [1.29, 1.82) is 0 Å². The summed E-state index contributed by atoms with van der Waals surface area (Å²) in [5.74, 6) is 0.307. The molecule has 0 aromatic heterocycles. The molecule has 2 aliphatic heterocycles. The first kappa shape index (κ1) is 9.97. The minimum atomic E-state index is -0.0352. The molecule has 1 N–H and O–H groups in total. The van der Waals surface area contributed by atoms with Crippen molar-refractivity contribution in [2.45, 2.75) is 32.6 Å². The van der Waals surface area contributed by atoms with Gasteiger partial charge in [-0.3, -0.25) is 4.79 Å². The molecule has 0 saturated carbocycles. The summed E-state index contributed by atoms with van der Waals surface area (Å²) in [6.45, 7) is 6.29. The lowest BCUT2D eigenvalue weighted by atomic mass is 9.73. The normalized spacial score (nSPS) is 34.5. The smallest absolute Gasteiger partial charge is 0.227 e. The zero-order chi connectivity index (χ0) is 10.0. The van der Waals surface area contributed by atoms with E-state index in [9.17, 15) is 4.79 Å². The number of hydrogen-bond acceptors (Lipinski definition) is 2. The lowest BCUT2D eigenvalue weighted by Crippen LogP contribution is -2.54. The maximum Gasteiger partial charge on any atom is 0.227 e. The molecule has 3 nitrogen and oxygen atoms in total. The predicted octanol–water partition coefficient (Wildman–Crippen LogP) is 0.998. The van der Waals surface area contributed by atoms with E-state index in [4.69, 9.17) is 0 Å². The third-order valence-electron chi connectivity index (χ3n) is 3.70. The number of piperidine rings is 2. The van der Waals surface area contributed by atoms with Crippen LogP contribution in [0.5, 0.6) is 0 Å². The molecule has 0 aromatic rings. The van der Waals surface area contributed by atoms with E-state index in [0.29, 0.717) is 5.91 Å². The van der Waals surface area contributed by atoms with Crippen LogP contribution in [-0.4, -0.2) is 37.0 Å². The molecule has 2 aliphatic rings. The Morgan fingerprint density at radius 3 is 2.93 bits per heavy atom. The molecule has 3 heteroatoms. The zero-order valence-electron chi connectivity index (χ0n) is 9.01. The van der Waals surface area contributed by atoms with Gasteiger partial charge in [0.25, 0.3) is 0 Å². The molecule has 1 unspecified atom stereocenters. The second kappa shape index (κ2) is 3.89. The molecule has 1 atom stereocenters. The van der Waals surface area contributed by atoms with Crippen molar-refractivity contribution < 1.29 is 4.79 Å². The number of nitrogens with one attached hydrogen (secondary N) is 1. The SMILES string of the molecule is CCN1CCCC2(CCCNC2=O)C1. The van der Waals surface area contributed by atoms with Crippen molar-refractivity contribution in [3.05, 3.63) is 0 Å². The molecule has 2 heterocycles. The van der Waals surface area contributed by atoms with Gasteiger partial charge in [-0.1, -0.05) is 6.92 Å². The predicted molar refractivity (Wildman–Crippen MR) is 56.0 cm³/mol.